The Balaban J connectivity index is 1.76. The molecule has 0 saturated carbocycles. The van der Waals surface area contributed by atoms with E-state index < -0.39 is 0 Å². The second kappa shape index (κ2) is 9.23. The summed E-state index contributed by atoms with van der Waals surface area (Å²) in [7, 11) is 3.16. The van der Waals surface area contributed by atoms with Crippen molar-refractivity contribution in [3.8, 4) is 17.6 Å². The number of aryl methyl sites for hydroxylation is 1. The number of hydrogen-bond donors (Lipinski definition) is 1. The standard InChI is InChI=1S/C23H25N3O4/c1-15-16(2)26(14-18-6-5-11-30-18)23(19(15)13-24)25-22(27)10-8-17-7-9-20(28-3)21(12-17)29-4/h5-7,9,11-12H,8,10,14H2,1-4H3,(H,25,27). The fraction of sp³-hybridized carbons (Fsp3) is 0.304. The van der Waals surface area contributed by atoms with Gasteiger partial charge in [0, 0.05) is 12.1 Å². The zero-order chi connectivity index (χ0) is 21.7. The number of nitriles is 1. The maximum atomic E-state index is 12.7. The molecule has 0 unspecified atom stereocenters. The second-order valence-corrected chi connectivity index (χ2v) is 6.95. The van der Waals surface area contributed by atoms with Crippen LogP contribution in [0.25, 0.3) is 0 Å². The normalized spacial score (nSPS) is 10.5. The van der Waals surface area contributed by atoms with Crippen LogP contribution in [0.2, 0.25) is 0 Å². The predicted octanol–water partition coefficient (Wildman–Crippen LogP) is 4.21. The highest BCUT2D eigenvalue weighted by molar-refractivity contribution is 5.92. The molecular formula is C23H25N3O4. The molecule has 7 heteroatoms. The van der Waals surface area contributed by atoms with Gasteiger partial charge in [0.05, 0.1) is 32.6 Å². The highest BCUT2D eigenvalue weighted by Crippen LogP contribution is 2.29. The number of methoxy groups -OCH3 is 2. The SMILES string of the molecule is COc1ccc(CCC(=O)Nc2c(C#N)c(C)c(C)n2Cc2ccco2)cc1OC. The van der Waals surface area contributed by atoms with Crippen molar-refractivity contribution in [1.82, 2.24) is 4.57 Å². The Hall–Kier alpha value is -3.66. The fourth-order valence-electron chi connectivity index (χ4n) is 3.37. The summed E-state index contributed by atoms with van der Waals surface area (Å²) in [6.45, 7) is 4.25. The molecule has 0 saturated heterocycles. The zero-order valence-corrected chi connectivity index (χ0v) is 17.6. The number of amides is 1. The monoisotopic (exact) mass is 407 g/mol. The van der Waals surface area contributed by atoms with E-state index in [2.05, 4.69) is 11.4 Å². The van der Waals surface area contributed by atoms with Crippen molar-refractivity contribution in [3.63, 3.8) is 0 Å². The second-order valence-electron chi connectivity index (χ2n) is 6.95. The Morgan fingerprint density at radius 1 is 1.20 bits per heavy atom. The number of anilines is 1. The minimum Gasteiger partial charge on any atom is -0.493 e. The van der Waals surface area contributed by atoms with Gasteiger partial charge in [0.15, 0.2) is 11.5 Å². The van der Waals surface area contributed by atoms with Crippen LogP contribution in [-0.2, 0) is 17.8 Å². The third-order valence-electron chi connectivity index (χ3n) is 5.18. The Morgan fingerprint density at radius 3 is 2.60 bits per heavy atom. The molecule has 0 spiro atoms. The molecule has 0 bridgehead atoms. The topological polar surface area (TPSA) is 89.4 Å². The maximum Gasteiger partial charge on any atom is 0.225 e. The molecule has 3 aromatic rings. The van der Waals surface area contributed by atoms with Crippen LogP contribution >= 0.6 is 0 Å². The number of nitrogens with one attached hydrogen (secondary N) is 1. The Bertz CT molecular complexity index is 1080. The van der Waals surface area contributed by atoms with Crippen molar-refractivity contribution in [3.05, 3.63) is 64.7 Å². The number of hydrogen-bond acceptors (Lipinski definition) is 5. The van der Waals surface area contributed by atoms with Crippen molar-refractivity contribution in [1.29, 1.82) is 5.26 Å². The Morgan fingerprint density at radius 2 is 1.97 bits per heavy atom. The maximum absolute atomic E-state index is 12.7. The molecule has 3 rings (SSSR count). The van der Waals surface area contributed by atoms with E-state index in [-0.39, 0.29) is 12.3 Å². The molecule has 1 N–H and O–H groups in total. The van der Waals surface area contributed by atoms with E-state index in [1.807, 2.05) is 48.7 Å². The molecule has 0 aliphatic heterocycles. The number of carbonyl (C=O) groups excluding carboxylic acids is 1. The quantitative estimate of drug-likeness (QED) is 0.604. The van der Waals surface area contributed by atoms with Gasteiger partial charge in [-0.1, -0.05) is 6.07 Å². The zero-order valence-electron chi connectivity index (χ0n) is 17.6. The molecule has 0 atom stereocenters. The number of ether oxygens (including phenoxy) is 2. The first-order valence-electron chi connectivity index (χ1n) is 9.61. The average molecular weight is 407 g/mol. The van der Waals surface area contributed by atoms with E-state index in [1.54, 1.807) is 20.5 Å². The van der Waals surface area contributed by atoms with Gasteiger partial charge in [-0.25, -0.2) is 0 Å². The van der Waals surface area contributed by atoms with Gasteiger partial charge < -0.3 is 23.8 Å². The first kappa shape index (κ1) is 21.1. The van der Waals surface area contributed by atoms with Gasteiger partial charge in [-0.15, -0.1) is 0 Å². The molecule has 1 amide bonds. The van der Waals surface area contributed by atoms with Crippen LogP contribution < -0.4 is 14.8 Å². The van der Waals surface area contributed by atoms with E-state index in [4.69, 9.17) is 13.9 Å². The Labute approximate surface area is 175 Å². The van der Waals surface area contributed by atoms with Crippen LogP contribution in [0.3, 0.4) is 0 Å². The number of benzene rings is 1. The molecule has 0 aliphatic carbocycles. The van der Waals surface area contributed by atoms with E-state index in [0.717, 1.165) is 22.6 Å². The van der Waals surface area contributed by atoms with Crippen molar-refractivity contribution >= 4 is 11.7 Å². The smallest absolute Gasteiger partial charge is 0.225 e. The lowest BCUT2D eigenvalue weighted by atomic mass is 10.1. The molecule has 156 valence electrons. The Kier molecular flexibility index (Phi) is 6.48. The van der Waals surface area contributed by atoms with Crippen LogP contribution in [0.15, 0.2) is 41.0 Å². The number of rotatable bonds is 8. The summed E-state index contributed by atoms with van der Waals surface area (Å²) in [5, 5.41) is 12.6. The van der Waals surface area contributed by atoms with Crippen LogP contribution in [0, 0.1) is 25.2 Å². The lowest BCUT2D eigenvalue weighted by molar-refractivity contribution is -0.116. The minimum atomic E-state index is -0.167. The summed E-state index contributed by atoms with van der Waals surface area (Å²) in [5.41, 5.74) is 3.19. The van der Waals surface area contributed by atoms with E-state index >= 15 is 0 Å². The predicted molar refractivity (Wildman–Crippen MR) is 113 cm³/mol. The molecule has 2 aromatic heterocycles. The van der Waals surface area contributed by atoms with Crippen LogP contribution in [0.5, 0.6) is 11.5 Å². The van der Waals surface area contributed by atoms with Crippen LogP contribution in [0.4, 0.5) is 5.82 Å². The summed E-state index contributed by atoms with van der Waals surface area (Å²) in [6, 6.07) is 11.5. The molecule has 1 aromatic carbocycles. The summed E-state index contributed by atoms with van der Waals surface area (Å²) >= 11 is 0. The molecule has 0 fully saturated rings. The molecule has 0 radical (unpaired) electrons. The van der Waals surface area contributed by atoms with E-state index in [9.17, 15) is 10.1 Å². The fourth-order valence-corrected chi connectivity index (χ4v) is 3.37. The lowest BCUT2D eigenvalue weighted by Crippen LogP contribution is -2.17. The van der Waals surface area contributed by atoms with Gasteiger partial charge in [0.25, 0.3) is 0 Å². The largest absolute Gasteiger partial charge is 0.493 e. The van der Waals surface area contributed by atoms with Crippen molar-refractivity contribution < 1.29 is 18.7 Å². The molecule has 7 nitrogen and oxygen atoms in total. The van der Waals surface area contributed by atoms with Gasteiger partial charge in [0.2, 0.25) is 5.91 Å². The molecule has 0 aliphatic rings. The first-order valence-corrected chi connectivity index (χ1v) is 9.61. The highest BCUT2D eigenvalue weighted by Gasteiger charge is 2.20. The van der Waals surface area contributed by atoms with E-state index in [1.165, 1.54) is 0 Å². The highest BCUT2D eigenvalue weighted by atomic mass is 16.5. The van der Waals surface area contributed by atoms with Gasteiger partial charge >= 0.3 is 0 Å². The summed E-state index contributed by atoms with van der Waals surface area (Å²) in [6.07, 6.45) is 2.41. The van der Waals surface area contributed by atoms with Gasteiger partial charge in [-0.2, -0.15) is 5.26 Å². The van der Waals surface area contributed by atoms with Crippen molar-refractivity contribution in [2.24, 2.45) is 0 Å². The van der Waals surface area contributed by atoms with Crippen molar-refractivity contribution in [2.45, 2.75) is 33.2 Å². The number of furan rings is 1. The van der Waals surface area contributed by atoms with Gasteiger partial charge in [0.1, 0.15) is 17.6 Å². The first-order chi connectivity index (χ1) is 14.5. The average Bonchev–Trinajstić information content (AvgIpc) is 3.35. The third-order valence-corrected chi connectivity index (χ3v) is 5.18. The summed E-state index contributed by atoms with van der Waals surface area (Å²) in [5.74, 6) is 2.35. The lowest BCUT2D eigenvalue weighted by Gasteiger charge is -2.12. The molecule has 30 heavy (non-hydrogen) atoms. The van der Waals surface area contributed by atoms with Crippen LogP contribution in [-0.4, -0.2) is 24.7 Å². The van der Waals surface area contributed by atoms with Crippen molar-refractivity contribution in [2.75, 3.05) is 19.5 Å². The molecular weight excluding hydrogens is 382 g/mol. The number of aromatic nitrogens is 1. The van der Waals surface area contributed by atoms with E-state index in [0.29, 0.717) is 35.8 Å². The van der Waals surface area contributed by atoms with Gasteiger partial charge in [-0.05, 0) is 55.7 Å². The van der Waals surface area contributed by atoms with Crippen LogP contribution in [0.1, 0.15) is 34.6 Å². The summed E-state index contributed by atoms with van der Waals surface area (Å²) in [4.78, 5) is 12.7. The van der Waals surface area contributed by atoms with Gasteiger partial charge in [-0.3, -0.25) is 4.79 Å². The summed E-state index contributed by atoms with van der Waals surface area (Å²) < 4.78 is 17.9. The molecule has 2 heterocycles. The minimum absolute atomic E-state index is 0.167. The third kappa shape index (κ3) is 4.33. The number of carbonyl (C=O) groups is 1. The number of nitrogens with zero attached hydrogens (tertiary/aromatic N) is 2.